The average molecular weight is 254 g/mol. The second-order valence-corrected chi connectivity index (χ2v) is 6.26. The van der Waals surface area contributed by atoms with Gasteiger partial charge in [0.1, 0.15) is 0 Å². The molecule has 3 N–H and O–H groups in total. The van der Waals surface area contributed by atoms with Gasteiger partial charge in [-0.15, -0.1) is 0 Å². The molecule has 0 aromatic heterocycles. The van der Waals surface area contributed by atoms with Gasteiger partial charge in [0.2, 0.25) is 10.0 Å². The SMILES string of the molecule is CC(CN)NS(=O)(=O)c1ccc2c(c1)CCC2. The molecule has 0 aliphatic heterocycles. The fourth-order valence-corrected chi connectivity index (χ4v) is 3.40. The van der Waals surface area contributed by atoms with Crippen molar-refractivity contribution in [2.45, 2.75) is 37.1 Å². The Bertz CT molecular complexity index is 511. The number of nitrogens with two attached hydrogens (primary N) is 1. The van der Waals surface area contributed by atoms with Crippen LogP contribution in [0.4, 0.5) is 0 Å². The van der Waals surface area contributed by atoms with E-state index in [9.17, 15) is 8.42 Å². The molecule has 1 atom stereocenters. The monoisotopic (exact) mass is 254 g/mol. The van der Waals surface area contributed by atoms with Gasteiger partial charge in [0, 0.05) is 12.6 Å². The van der Waals surface area contributed by atoms with Crippen LogP contribution in [0.15, 0.2) is 23.1 Å². The third-order valence-electron chi connectivity index (χ3n) is 3.09. The summed E-state index contributed by atoms with van der Waals surface area (Å²) in [6.45, 7) is 2.05. The highest BCUT2D eigenvalue weighted by atomic mass is 32.2. The Morgan fingerprint density at radius 3 is 2.76 bits per heavy atom. The van der Waals surface area contributed by atoms with Crippen LogP contribution in [0, 0.1) is 0 Å². The van der Waals surface area contributed by atoms with Crippen molar-refractivity contribution >= 4 is 10.0 Å². The zero-order valence-corrected chi connectivity index (χ0v) is 10.8. The first kappa shape index (κ1) is 12.5. The van der Waals surface area contributed by atoms with Crippen LogP contribution >= 0.6 is 0 Å². The summed E-state index contributed by atoms with van der Waals surface area (Å²) in [7, 11) is -3.42. The van der Waals surface area contributed by atoms with Gasteiger partial charge in [-0.3, -0.25) is 0 Å². The van der Waals surface area contributed by atoms with Crippen LogP contribution in [0.3, 0.4) is 0 Å². The third kappa shape index (κ3) is 2.68. The molecule has 94 valence electrons. The first-order valence-electron chi connectivity index (χ1n) is 5.87. The van der Waals surface area contributed by atoms with E-state index < -0.39 is 10.0 Å². The van der Waals surface area contributed by atoms with Gasteiger partial charge in [-0.1, -0.05) is 6.07 Å². The maximum Gasteiger partial charge on any atom is 0.240 e. The van der Waals surface area contributed by atoms with Crippen LogP contribution in [-0.2, 0) is 22.9 Å². The number of rotatable bonds is 4. The number of fused-ring (bicyclic) bond motifs is 1. The summed E-state index contributed by atoms with van der Waals surface area (Å²) in [6.07, 6.45) is 3.15. The lowest BCUT2D eigenvalue weighted by Gasteiger charge is -2.12. The van der Waals surface area contributed by atoms with E-state index in [0.717, 1.165) is 24.8 Å². The molecule has 17 heavy (non-hydrogen) atoms. The van der Waals surface area contributed by atoms with Gasteiger partial charge in [-0.25, -0.2) is 13.1 Å². The van der Waals surface area contributed by atoms with Crippen LogP contribution in [0.1, 0.15) is 24.5 Å². The number of hydrogen-bond donors (Lipinski definition) is 2. The Balaban J connectivity index is 2.28. The highest BCUT2D eigenvalue weighted by molar-refractivity contribution is 7.89. The van der Waals surface area contributed by atoms with Crippen LogP contribution in [0.25, 0.3) is 0 Å². The maximum absolute atomic E-state index is 12.0. The summed E-state index contributed by atoms with van der Waals surface area (Å²) < 4.78 is 26.6. The standard InChI is InChI=1S/C12H18N2O2S/c1-9(8-13)14-17(15,16)12-6-5-10-3-2-4-11(10)7-12/h5-7,9,14H,2-4,8,13H2,1H3. The summed E-state index contributed by atoms with van der Waals surface area (Å²) >= 11 is 0. The number of sulfonamides is 1. The number of benzene rings is 1. The highest BCUT2D eigenvalue weighted by Gasteiger charge is 2.19. The van der Waals surface area contributed by atoms with Crippen molar-refractivity contribution in [3.05, 3.63) is 29.3 Å². The van der Waals surface area contributed by atoms with Crippen LogP contribution in [0.5, 0.6) is 0 Å². The first-order valence-corrected chi connectivity index (χ1v) is 7.35. The third-order valence-corrected chi connectivity index (χ3v) is 4.68. The molecule has 0 spiro atoms. The van der Waals surface area contributed by atoms with E-state index in [1.165, 1.54) is 5.56 Å². The number of hydrogen-bond acceptors (Lipinski definition) is 3. The van der Waals surface area contributed by atoms with Crippen molar-refractivity contribution in [3.8, 4) is 0 Å². The van der Waals surface area contributed by atoms with Gasteiger partial charge in [-0.2, -0.15) is 0 Å². The summed E-state index contributed by atoms with van der Waals surface area (Å²) in [5.41, 5.74) is 7.85. The van der Waals surface area contributed by atoms with Crippen molar-refractivity contribution in [3.63, 3.8) is 0 Å². The lowest BCUT2D eigenvalue weighted by Crippen LogP contribution is -2.37. The van der Waals surface area contributed by atoms with Gasteiger partial charge in [0.05, 0.1) is 4.90 Å². The lowest BCUT2D eigenvalue weighted by atomic mass is 10.1. The molecule has 0 fully saturated rings. The van der Waals surface area contributed by atoms with Crippen molar-refractivity contribution < 1.29 is 8.42 Å². The molecular weight excluding hydrogens is 236 g/mol. The molecule has 0 heterocycles. The van der Waals surface area contributed by atoms with E-state index in [4.69, 9.17) is 5.73 Å². The molecule has 2 rings (SSSR count). The number of nitrogens with one attached hydrogen (secondary N) is 1. The summed E-state index contributed by atoms with van der Waals surface area (Å²) in [4.78, 5) is 0.346. The van der Waals surface area contributed by atoms with Gasteiger partial charge in [0.25, 0.3) is 0 Å². The van der Waals surface area contributed by atoms with E-state index >= 15 is 0 Å². The molecule has 1 unspecified atom stereocenters. The predicted molar refractivity (Wildman–Crippen MR) is 67.3 cm³/mol. The number of aryl methyl sites for hydroxylation is 2. The average Bonchev–Trinajstić information content (AvgIpc) is 2.75. The molecule has 1 aliphatic carbocycles. The normalized spacial score (nSPS) is 16.8. The van der Waals surface area contributed by atoms with Crippen molar-refractivity contribution in [1.29, 1.82) is 0 Å². The van der Waals surface area contributed by atoms with Crippen LogP contribution < -0.4 is 10.5 Å². The maximum atomic E-state index is 12.0. The highest BCUT2D eigenvalue weighted by Crippen LogP contribution is 2.24. The Morgan fingerprint density at radius 1 is 1.35 bits per heavy atom. The summed E-state index contributed by atoms with van der Waals surface area (Å²) in [5.74, 6) is 0. The molecule has 1 aromatic rings. The molecule has 4 nitrogen and oxygen atoms in total. The molecule has 0 amide bonds. The van der Waals surface area contributed by atoms with Gasteiger partial charge in [-0.05, 0) is 49.4 Å². The fraction of sp³-hybridized carbons (Fsp3) is 0.500. The van der Waals surface area contributed by atoms with Gasteiger partial charge in [0.15, 0.2) is 0 Å². The minimum Gasteiger partial charge on any atom is -0.329 e. The summed E-state index contributed by atoms with van der Waals surface area (Å²) in [6, 6.07) is 5.14. The van der Waals surface area contributed by atoms with Crippen molar-refractivity contribution in [1.82, 2.24) is 4.72 Å². The summed E-state index contributed by atoms with van der Waals surface area (Å²) in [5, 5.41) is 0. The van der Waals surface area contributed by atoms with Crippen LogP contribution in [-0.4, -0.2) is 21.0 Å². The lowest BCUT2D eigenvalue weighted by molar-refractivity contribution is 0.562. The minimum absolute atomic E-state index is 0.242. The van der Waals surface area contributed by atoms with E-state index in [0.29, 0.717) is 11.4 Å². The fourth-order valence-electron chi connectivity index (χ4n) is 2.10. The second-order valence-electron chi connectivity index (χ2n) is 4.54. The Labute approximate surface area is 102 Å². The largest absolute Gasteiger partial charge is 0.329 e. The van der Waals surface area contributed by atoms with Crippen LogP contribution in [0.2, 0.25) is 0 Å². The predicted octanol–water partition coefficient (Wildman–Crippen LogP) is 0.801. The molecule has 1 aliphatic rings. The quantitative estimate of drug-likeness (QED) is 0.835. The van der Waals surface area contributed by atoms with E-state index in [1.807, 2.05) is 6.07 Å². The zero-order chi connectivity index (χ0) is 12.5. The van der Waals surface area contributed by atoms with Crippen molar-refractivity contribution in [2.24, 2.45) is 5.73 Å². The molecular formula is C12H18N2O2S. The molecule has 0 saturated heterocycles. The van der Waals surface area contributed by atoms with Crippen molar-refractivity contribution in [2.75, 3.05) is 6.54 Å². The molecule has 0 bridgehead atoms. The molecule has 5 heteroatoms. The molecule has 0 radical (unpaired) electrons. The van der Waals surface area contributed by atoms with E-state index in [2.05, 4.69) is 4.72 Å². The first-order chi connectivity index (χ1) is 8.03. The Morgan fingerprint density at radius 2 is 2.06 bits per heavy atom. The Kier molecular flexibility index (Phi) is 3.51. The second kappa shape index (κ2) is 4.76. The smallest absolute Gasteiger partial charge is 0.240 e. The molecule has 1 aromatic carbocycles. The topological polar surface area (TPSA) is 72.2 Å². The van der Waals surface area contributed by atoms with E-state index in [-0.39, 0.29) is 6.04 Å². The minimum atomic E-state index is -3.42. The molecule has 0 saturated carbocycles. The van der Waals surface area contributed by atoms with Gasteiger partial charge < -0.3 is 5.73 Å². The Hall–Kier alpha value is -0.910. The van der Waals surface area contributed by atoms with E-state index in [1.54, 1.807) is 19.1 Å². The zero-order valence-electron chi connectivity index (χ0n) is 9.94. The van der Waals surface area contributed by atoms with Gasteiger partial charge >= 0.3 is 0 Å².